The van der Waals surface area contributed by atoms with Crippen LogP contribution in [0.2, 0.25) is 0 Å². The molecular formula is C28H56O2. The Morgan fingerprint density at radius 2 is 0.933 bits per heavy atom. The minimum Gasteiger partial charge on any atom is -0.465 e. The topological polar surface area (TPSA) is 26.3 Å². The summed E-state index contributed by atoms with van der Waals surface area (Å²) in [6.45, 7) is 9.36. The maximum atomic E-state index is 12.5. The van der Waals surface area contributed by atoms with Gasteiger partial charge in [0.05, 0.1) is 12.0 Å². The first-order valence-corrected chi connectivity index (χ1v) is 13.8. The van der Waals surface area contributed by atoms with Crippen LogP contribution in [0.25, 0.3) is 0 Å². The molecule has 1 atom stereocenters. The van der Waals surface area contributed by atoms with E-state index in [4.69, 9.17) is 4.74 Å². The van der Waals surface area contributed by atoms with Crippen LogP contribution in [0.5, 0.6) is 0 Å². The van der Waals surface area contributed by atoms with Gasteiger partial charge in [0.1, 0.15) is 0 Å². The molecule has 0 saturated heterocycles. The number of ether oxygens (including phenoxy) is 1. The summed E-state index contributed by atoms with van der Waals surface area (Å²) >= 11 is 0. The molecule has 0 radical (unpaired) electrons. The number of esters is 1. The van der Waals surface area contributed by atoms with Gasteiger partial charge in [-0.3, -0.25) is 4.79 Å². The smallest absolute Gasteiger partial charge is 0.311 e. The molecule has 0 aromatic rings. The highest BCUT2D eigenvalue weighted by atomic mass is 16.5. The molecule has 0 aliphatic carbocycles. The van der Waals surface area contributed by atoms with Crippen molar-refractivity contribution in [3.05, 3.63) is 0 Å². The molecule has 2 nitrogen and oxygen atoms in total. The molecule has 0 aliphatic rings. The van der Waals surface area contributed by atoms with E-state index in [1.165, 1.54) is 109 Å². The molecule has 30 heavy (non-hydrogen) atoms. The summed E-state index contributed by atoms with van der Waals surface area (Å²) in [4.78, 5) is 12.5. The second-order valence-corrected chi connectivity index (χ2v) is 9.81. The van der Waals surface area contributed by atoms with Crippen molar-refractivity contribution in [2.45, 2.75) is 163 Å². The molecule has 0 aliphatic heterocycles. The van der Waals surface area contributed by atoms with Gasteiger partial charge in [-0.25, -0.2) is 0 Å². The Bertz CT molecular complexity index is 366. The number of carbonyl (C=O) groups is 1. The van der Waals surface area contributed by atoms with Crippen molar-refractivity contribution in [1.82, 2.24) is 0 Å². The Hall–Kier alpha value is -0.530. The number of carbonyl (C=O) groups excluding carboxylic acids is 1. The molecule has 180 valence electrons. The zero-order chi connectivity index (χ0) is 22.3. The Morgan fingerprint density at radius 3 is 1.33 bits per heavy atom. The summed E-state index contributed by atoms with van der Waals surface area (Å²) in [5.41, 5.74) is -0.276. The third-order valence-electron chi connectivity index (χ3n) is 6.84. The van der Waals surface area contributed by atoms with E-state index in [0.29, 0.717) is 6.61 Å². The monoisotopic (exact) mass is 424 g/mol. The first kappa shape index (κ1) is 29.5. The summed E-state index contributed by atoms with van der Waals surface area (Å²) in [5, 5.41) is 0. The SMILES string of the molecule is CCCCCCCCCCCCCCCCOC(=O)C(C)(CC)CCCCCCC. The van der Waals surface area contributed by atoms with Crippen LogP contribution in [0, 0.1) is 5.41 Å². The van der Waals surface area contributed by atoms with Crippen LogP contribution in [0.3, 0.4) is 0 Å². The quantitative estimate of drug-likeness (QED) is 0.120. The number of unbranched alkanes of at least 4 members (excludes halogenated alkanes) is 17. The molecule has 1 unspecified atom stereocenters. The van der Waals surface area contributed by atoms with Gasteiger partial charge in [0.25, 0.3) is 0 Å². The van der Waals surface area contributed by atoms with Gasteiger partial charge in [-0.05, 0) is 26.2 Å². The van der Waals surface area contributed by atoms with E-state index in [0.717, 1.165) is 25.7 Å². The summed E-state index contributed by atoms with van der Waals surface area (Å²) in [6.07, 6.45) is 27.1. The number of rotatable bonds is 23. The van der Waals surface area contributed by atoms with E-state index in [1.54, 1.807) is 0 Å². The fourth-order valence-electron chi connectivity index (χ4n) is 4.18. The third kappa shape index (κ3) is 17.2. The Kier molecular flexibility index (Phi) is 21.3. The van der Waals surface area contributed by atoms with Crippen LogP contribution in [0.1, 0.15) is 163 Å². The van der Waals surface area contributed by atoms with Crippen LogP contribution in [-0.2, 0) is 9.53 Å². The fraction of sp³-hybridized carbons (Fsp3) is 0.964. The van der Waals surface area contributed by atoms with Gasteiger partial charge >= 0.3 is 5.97 Å². The molecule has 0 heterocycles. The van der Waals surface area contributed by atoms with Gasteiger partial charge in [0, 0.05) is 0 Å². The molecule has 0 bridgehead atoms. The van der Waals surface area contributed by atoms with Gasteiger partial charge in [-0.15, -0.1) is 0 Å². The lowest BCUT2D eigenvalue weighted by Crippen LogP contribution is -2.29. The molecule has 0 fully saturated rings. The minimum absolute atomic E-state index is 0.0372. The maximum absolute atomic E-state index is 12.5. The molecule has 0 rings (SSSR count). The average molecular weight is 425 g/mol. The van der Waals surface area contributed by atoms with Crippen LogP contribution >= 0.6 is 0 Å². The van der Waals surface area contributed by atoms with Gasteiger partial charge in [-0.2, -0.15) is 0 Å². The van der Waals surface area contributed by atoms with Crippen molar-refractivity contribution >= 4 is 5.97 Å². The van der Waals surface area contributed by atoms with Crippen molar-refractivity contribution in [3.63, 3.8) is 0 Å². The molecule has 0 saturated carbocycles. The lowest BCUT2D eigenvalue weighted by Gasteiger charge is -2.26. The third-order valence-corrected chi connectivity index (χ3v) is 6.84. The largest absolute Gasteiger partial charge is 0.465 e. The Morgan fingerprint density at radius 1 is 0.567 bits per heavy atom. The highest BCUT2D eigenvalue weighted by molar-refractivity contribution is 5.76. The highest BCUT2D eigenvalue weighted by Gasteiger charge is 2.32. The minimum atomic E-state index is -0.276. The summed E-state index contributed by atoms with van der Waals surface area (Å²) in [7, 11) is 0. The summed E-state index contributed by atoms with van der Waals surface area (Å²) in [5.74, 6) is 0.0372. The van der Waals surface area contributed by atoms with E-state index in [1.807, 2.05) is 0 Å². The maximum Gasteiger partial charge on any atom is 0.311 e. The van der Waals surface area contributed by atoms with Crippen molar-refractivity contribution in [1.29, 1.82) is 0 Å². The van der Waals surface area contributed by atoms with E-state index in [-0.39, 0.29) is 11.4 Å². The van der Waals surface area contributed by atoms with E-state index in [9.17, 15) is 4.79 Å². The second kappa shape index (κ2) is 21.7. The van der Waals surface area contributed by atoms with Gasteiger partial charge in [0.2, 0.25) is 0 Å². The molecule has 0 N–H and O–H groups in total. The average Bonchev–Trinajstić information content (AvgIpc) is 2.75. The molecule has 0 aromatic carbocycles. The van der Waals surface area contributed by atoms with Crippen molar-refractivity contribution in [2.24, 2.45) is 5.41 Å². The standard InChI is InChI=1S/C28H56O2/c1-5-8-10-12-13-14-15-16-17-18-19-20-22-24-26-30-27(29)28(4,7-3)25-23-21-11-9-6-2/h5-26H2,1-4H3. The summed E-state index contributed by atoms with van der Waals surface area (Å²) < 4.78 is 5.64. The van der Waals surface area contributed by atoms with Gasteiger partial charge < -0.3 is 4.74 Å². The van der Waals surface area contributed by atoms with E-state index in [2.05, 4.69) is 27.7 Å². The molecular weight excluding hydrogens is 368 g/mol. The molecule has 0 aromatic heterocycles. The fourth-order valence-corrected chi connectivity index (χ4v) is 4.18. The predicted molar refractivity (Wildman–Crippen MR) is 133 cm³/mol. The zero-order valence-electron chi connectivity index (χ0n) is 21.4. The Labute approximate surface area is 190 Å². The Balaban J connectivity index is 3.51. The molecule has 0 amide bonds. The highest BCUT2D eigenvalue weighted by Crippen LogP contribution is 2.30. The predicted octanol–water partition coefficient (Wildman–Crippen LogP) is 9.79. The van der Waals surface area contributed by atoms with Crippen LogP contribution in [0.4, 0.5) is 0 Å². The number of hydrogen-bond donors (Lipinski definition) is 0. The van der Waals surface area contributed by atoms with Crippen molar-refractivity contribution in [3.8, 4) is 0 Å². The lowest BCUT2D eigenvalue weighted by molar-refractivity contribution is -0.155. The van der Waals surface area contributed by atoms with Gasteiger partial charge in [-0.1, -0.05) is 136 Å². The van der Waals surface area contributed by atoms with Crippen molar-refractivity contribution < 1.29 is 9.53 Å². The normalized spacial score (nSPS) is 13.3. The first-order chi connectivity index (χ1) is 14.6. The number of hydrogen-bond acceptors (Lipinski definition) is 2. The lowest BCUT2D eigenvalue weighted by atomic mass is 9.82. The van der Waals surface area contributed by atoms with Crippen LogP contribution in [0.15, 0.2) is 0 Å². The summed E-state index contributed by atoms with van der Waals surface area (Å²) in [6, 6.07) is 0. The van der Waals surface area contributed by atoms with Gasteiger partial charge in [0.15, 0.2) is 0 Å². The van der Waals surface area contributed by atoms with Crippen LogP contribution < -0.4 is 0 Å². The second-order valence-electron chi connectivity index (χ2n) is 9.81. The molecule has 2 heteroatoms. The van der Waals surface area contributed by atoms with E-state index >= 15 is 0 Å². The van der Waals surface area contributed by atoms with E-state index < -0.39 is 0 Å². The zero-order valence-corrected chi connectivity index (χ0v) is 21.4. The first-order valence-electron chi connectivity index (χ1n) is 13.8. The van der Waals surface area contributed by atoms with Crippen LogP contribution in [-0.4, -0.2) is 12.6 Å². The van der Waals surface area contributed by atoms with Crippen molar-refractivity contribution in [2.75, 3.05) is 6.61 Å². The molecule has 0 spiro atoms.